The molecule has 2 amide bonds. The number of amides is 2. The molecule has 20 heavy (non-hydrogen) atoms. The topological polar surface area (TPSA) is 88.1 Å². The molecule has 3 atom stereocenters. The molecule has 7 nitrogen and oxygen atoms in total. The van der Waals surface area contributed by atoms with Gasteiger partial charge in [-0.1, -0.05) is 6.92 Å². The van der Waals surface area contributed by atoms with Crippen LogP contribution in [-0.2, 0) is 14.3 Å². The van der Waals surface area contributed by atoms with Crippen molar-refractivity contribution in [3.05, 3.63) is 0 Å². The van der Waals surface area contributed by atoms with Gasteiger partial charge >= 0.3 is 12.0 Å². The SMILES string of the molecule is CCN(C(=O)NCC(C)COC)C1COCC1C(=O)O. The second-order valence-electron chi connectivity index (χ2n) is 5.08. The lowest BCUT2D eigenvalue weighted by Gasteiger charge is -2.29. The number of methoxy groups -OCH3 is 1. The summed E-state index contributed by atoms with van der Waals surface area (Å²) in [6, 6.07) is -0.660. The van der Waals surface area contributed by atoms with E-state index in [-0.39, 0.29) is 25.2 Å². The molecule has 1 heterocycles. The zero-order valence-corrected chi connectivity index (χ0v) is 12.3. The van der Waals surface area contributed by atoms with E-state index < -0.39 is 17.9 Å². The minimum absolute atomic E-state index is 0.157. The van der Waals surface area contributed by atoms with E-state index >= 15 is 0 Å². The van der Waals surface area contributed by atoms with Gasteiger partial charge in [0.15, 0.2) is 0 Å². The fourth-order valence-electron chi connectivity index (χ4n) is 2.32. The summed E-state index contributed by atoms with van der Waals surface area (Å²) >= 11 is 0. The Labute approximate surface area is 119 Å². The van der Waals surface area contributed by atoms with Crippen LogP contribution in [0, 0.1) is 11.8 Å². The Morgan fingerprint density at radius 1 is 1.50 bits per heavy atom. The molecule has 0 aromatic carbocycles. The number of hydrogen-bond donors (Lipinski definition) is 2. The summed E-state index contributed by atoms with van der Waals surface area (Å²) in [6.07, 6.45) is 0. The number of rotatable bonds is 7. The number of carboxylic acid groups (broad SMARTS) is 1. The second kappa shape index (κ2) is 8.06. The molecule has 1 aliphatic heterocycles. The van der Waals surface area contributed by atoms with Crippen molar-refractivity contribution < 1.29 is 24.2 Å². The Hall–Kier alpha value is -1.34. The number of nitrogens with one attached hydrogen (secondary N) is 1. The molecular formula is C13H24N2O5. The van der Waals surface area contributed by atoms with Crippen molar-refractivity contribution in [1.29, 1.82) is 0 Å². The zero-order chi connectivity index (χ0) is 15.1. The predicted molar refractivity (Wildman–Crippen MR) is 72.6 cm³/mol. The number of urea groups is 1. The summed E-state index contributed by atoms with van der Waals surface area (Å²) < 4.78 is 10.2. The molecule has 7 heteroatoms. The van der Waals surface area contributed by atoms with Gasteiger partial charge in [-0.25, -0.2) is 4.79 Å². The molecule has 0 bridgehead atoms. The molecule has 1 rings (SSSR count). The Bertz CT molecular complexity index is 337. The lowest BCUT2D eigenvalue weighted by atomic mass is 10.0. The third-order valence-corrected chi connectivity index (χ3v) is 3.42. The molecule has 116 valence electrons. The monoisotopic (exact) mass is 288 g/mol. The first-order valence-electron chi connectivity index (χ1n) is 6.85. The van der Waals surface area contributed by atoms with Crippen LogP contribution >= 0.6 is 0 Å². The zero-order valence-electron chi connectivity index (χ0n) is 12.3. The van der Waals surface area contributed by atoms with Crippen molar-refractivity contribution in [3.63, 3.8) is 0 Å². The van der Waals surface area contributed by atoms with Crippen molar-refractivity contribution in [1.82, 2.24) is 10.2 Å². The Kier molecular flexibility index (Phi) is 6.74. The van der Waals surface area contributed by atoms with Crippen LogP contribution in [0.5, 0.6) is 0 Å². The van der Waals surface area contributed by atoms with Crippen LogP contribution in [0.1, 0.15) is 13.8 Å². The van der Waals surface area contributed by atoms with Gasteiger partial charge in [0.2, 0.25) is 0 Å². The molecule has 3 unspecified atom stereocenters. The Balaban J connectivity index is 2.56. The molecule has 1 saturated heterocycles. The van der Waals surface area contributed by atoms with Gasteiger partial charge in [0.05, 0.1) is 25.9 Å². The third-order valence-electron chi connectivity index (χ3n) is 3.42. The Morgan fingerprint density at radius 3 is 2.75 bits per heavy atom. The number of likely N-dealkylation sites (N-methyl/N-ethyl adjacent to an activating group) is 1. The van der Waals surface area contributed by atoms with E-state index in [1.54, 1.807) is 7.11 Å². The van der Waals surface area contributed by atoms with E-state index in [9.17, 15) is 9.59 Å². The largest absolute Gasteiger partial charge is 0.481 e. The summed E-state index contributed by atoms with van der Waals surface area (Å²) in [5, 5.41) is 12.0. The van der Waals surface area contributed by atoms with Crippen LogP contribution in [0.4, 0.5) is 4.79 Å². The molecular weight excluding hydrogens is 264 g/mol. The van der Waals surface area contributed by atoms with Crippen LogP contribution in [0.15, 0.2) is 0 Å². The lowest BCUT2D eigenvalue weighted by Crippen LogP contribution is -2.51. The van der Waals surface area contributed by atoms with Crippen molar-refractivity contribution in [3.8, 4) is 0 Å². The molecule has 0 radical (unpaired) electrons. The van der Waals surface area contributed by atoms with Crippen LogP contribution in [0.25, 0.3) is 0 Å². The van der Waals surface area contributed by atoms with Gasteiger partial charge in [0, 0.05) is 20.2 Å². The number of nitrogens with zero attached hydrogens (tertiary/aromatic N) is 1. The first-order chi connectivity index (χ1) is 9.51. The lowest BCUT2D eigenvalue weighted by molar-refractivity contribution is -0.142. The molecule has 0 aliphatic carbocycles. The van der Waals surface area contributed by atoms with E-state index in [2.05, 4.69) is 5.32 Å². The van der Waals surface area contributed by atoms with Crippen LogP contribution in [0.3, 0.4) is 0 Å². The summed E-state index contributed by atoms with van der Waals surface area (Å²) in [7, 11) is 1.62. The molecule has 0 aromatic heterocycles. The molecule has 1 fully saturated rings. The van der Waals surface area contributed by atoms with Gasteiger partial charge in [-0.3, -0.25) is 4.79 Å². The van der Waals surface area contributed by atoms with E-state index in [1.165, 1.54) is 4.90 Å². The summed E-state index contributed by atoms with van der Waals surface area (Å²) in [5.74, 6) is -1.37. The van der Waals surface area contributed by atoms with E-state index in [0.717, 1.165) is 0 Å². The van der Waals surface area contributed by atoms with Crippen LogP contribution in [-0.4, -0.2) is 68.1 Å². The first kappa shape index (κ1) is 16.7. The normalized spacial score (nSPS) is 23.4. The van der Waals surface area contributed by atoms with Crippen molar-refractivity contribution >= 4 is 12.0 Å². The fraction of sp³-hybridized carbons (Fsp3) is 0.846. The maximum absolute atomic E-state index is 12.2. The highest BCUT2D eigenvalue weighted by molar-refractivity contribution is 5.77. The molecule has 2 N–H and O–H groups in total. The summed E-state index contributed by atoms with van der Waals surface area (Å²) in [6.45, 7) is 5.73. The number of carboxylic acids is 1. The van der Waals surface area contributed by atoms with E-state index in [4.69, 9.17) is 14.6 Å². The number of carbonyl (C=O) groups excluding carboxylic acids is 1. The molecule has 1 aliphatic rings. The number of hydrogen-bond acceptors (Lipinski definition) is 4. The van der Waals surface area contributed by atoms with Gasteiger partial charge in [-0.05, 0) is 12.8 Å². The van der Waals surface area contributed by atoms with Crippen molar-refractivity contribution in [2.24, 2.45) is 11.8 Å². The van der Waals surface area contributed by atoms with Gasteiger partial charge in [0.25, 0.3) is 0 Å². The van der Waals surface area contributed by atoms with Crippen LogP contribution < -0.4 is 5.32 Å². The Morgan fingerprint density at radius 2 is 2.20 bits per heavy atom. The van der Waals surface area contributed by atoms with Gasteiger partial charge < -0.3 is 24.8 Å². The smallest absolute Gasteiger partial charge is 0.317 e. The van der Waals surface area contributed by atoms with Crippen molar-refractivity contribution in [2.45, 2.75) is 19.9 Å². The highest BCUT2D eigenvalue weighted by atomic mass is 16.5. The minimum Gasteiger partial charge on any atom is -0.481 e. The summed E-state index contributed by atoms with van der Waals surface area (Å²) in [4.78, 5) is 24.8. The van der Waals surface area contributed by atoms with Crippen LogP contribution in [0.2, 0.25) is 0 Å². The fourth-order valence-corrected chi connectivity index (χ4v) is 2.32. The highest BCUT2D eigenvalue weighted by Crippen LogP contribution is 2.20. The quantitative estimate of drug-likeness (QED) is 0.708. The predicted octanol–water partition coefficient (Wildman–Crippen LogP) is 0.400. The average molecular weight is 288 g/mol. The van der Waals surface area contributed by atoms with Gasteiger partial charge in [0.1, 0.15) is 5.92 Å². The standard InChI is InChI=1S/C13H24N2O5/c1-4-15(11-8-20-7-10(11)12(16)17)13(18)14-5-9(2)6-19-3/h9-11H,4-8H2,1-3H3,(H,14,18)(H,16,17). The third kappa shape index (κ3) is 4.35. The maximum Gasteiger partial charge on any atom is 0.317 e. The average Bonchev–Trinajstić information content (AvgIpc) is 2.87. The maximum atomic E-state index is 12.2. The summed E-state index contributed by atoms with van der Waals surface area (Å²) in [5.41, 5.74) is 0. The van der Waals surface area contributed by atoms with Gasteiger partial charge in [-0.2, -0.15) is 0 Å². The molecule has 0 saturated carbocycles. The first-order valence-corrected chi connectivity index (χ1v) is 6.85. The number of ether oxygens (including phenoxy) is 2. The van der Waals surface area contributed by atoms with Crippen molar-refractivity contribution in [2.75, 3.05) is 40.0 Å². The van der Waals surface area contributed by atoms with E-state index in [0.29, 0.717) is 19.7 Å². The number of aliphatic carboxylic acids is 1. The van der Waals surface area contributed by atoms with E-state index in [1.807, 2.05) is 13.8 Å². The van der Waals surface area contributed by atoms with Gasteiger partial charge in [-0.15, -0.1) is 0 Å². The molecule has 0 spiro atoms. The minimum atomic E-state index is -0.925. The second-order valence-corrected chi connectivity index (χ2v) is 5.08. The molecule has 0 aromatic rings. The number of carbonyl (C=O) groups is 2. The highest BCUT2D eigenvalue weighted by Gasteiger charge is 2.39.